The Labute approximate surface area is 164 Å². The highest BCUT2D eigenvalue weighted by atomic mass is 16.2. The highest BCUT2D eigenvalue weighted by Crippen LogP contribution is 2.24. The van der Waals surface area contributed by atoms with Crippen LogP contribution in [-0.4, -0.2) is 23.3 Å². The van der Waals surface area contributed by atoms with Gasteiger partial charge in [0.2, 0.25) is 0 Å². The number of benzene rings is 3. The summed E-state index contributed by atoms with van der Waals surface area (Å²) in [6.07, 6.45) is 0.999. The third-order valence-electron chi connectivity index (χ3n) is 5.00. The van der Waals surface area contributed by atoms with E-state index in [1.54, 1.807) is 24.3 Å². The fourth-order valence-corrected chi connectivity index (χ4v) is 3.44. The van der Waals surface area contributed by atoms with Crippen LogP contribution in [-0.2, 0) is 19.5 Å². The Morgan fingerprint density at radius 1 is 0.643 bits per heavy atom. The summed E-state index contributed by atoms with van der Waals surface area (Å²) in [5.74, 6) is -0.431. The van der Waals surface area contributed by atoms with Crippen molar-refractivity contribution < 1.29 is 9.59 Å². The van der Waals surface area contributed by atoms with E-state index in [1.807, 2.05) is 30.3 Å². The second-order valence-corrected chi connectivity index (χ2v) is 6.97. The molecule has 1 aliphatic rings. The second kappa shape index (κ2) is 8.19. The smallest absolute Gasteiger partial charge is 0.261 e. The van der Waals surface area contributed by atoms with Crippen LogP contribution in [0.5, 0.6) is 0 Å². The van der Waals surface area contributed by atoms with Crippen LogP contribution in [0.1, 0.15) is 37.4 Å². The van der Waals surface area contributed by atoms with E-state index in [1.165, 1.54) is 16.0 Å². The fourth-order valence-electron chi connectivity index (χ4n) is 3.44. The third kappa shape index (κ3) is 3.87. The molecule has 4 rings (SSSR count). The molecule has 1 N–H and O–H groups in total. The predicted molar refractivity (Wildman–Crippen MR) is 109 cm³/mol. The van der Waals surface area contributed by atoms with Crippen LogP contribution in [0.15, 0.2) is 78.9 Å². The lowest BCUT2D eigenvalue weighted by Gasteiger charge is -2.14. The maximum atomic E-state index is 12.5. The Bertz CT molecular complexity index is 946. The number of fused-ring (bicyclic) bond motifs is 1. The first-order valence-corrected chi connectivity index (χ1v) is 9.50. The SMILES string of the molecule is O=C1c2ccccc2C(=O)N1Cc1ccc(CNCCc2ccccc2)cc1. The first-order chi connectivity index (χ1) is 13.7. The number of hydrogen-bond acceptors (Lipinski definition) is 3. The Balaban J connectivity index is 1.30. The quantitative estimate of drug-likeness (QED) is 0.508. The van der Waals surface area contributed by atoms with Crippen molar-refractivity contribution in [3.05, 3.63) is 107 Å². The highest BCUT2D eigenvalue weighted by Gasteiger charge is 2.34. The minimum atomic E-state index is -0.216. The zero-order chi connectivity index (χ0) is 19.3. The van der Waals surface area contributed by atoms with Gasteiger partial charge in [-0.25, -0.2) is 0 Å². The molecular formula is C24H22N2O2. The van der Waals surface area contributed by atoms with Crippen LogP contribution >= 0.6 is 0 Å². The van der Waals surface area contributed by atoms with Crippen LogP contribution in [0.4, 0.5) is 0 Å². The van der Waals surface area contributed by atoms with E-state index in [9.17, 15) is 9.59 Å². The molecule has 4 nitrogen and oxygen atoms in total. The molecule has 0 atom stereocenters. The van der Waals surface area contributed by atoms with Gasteiger partial charge in [-0.15, -0.1) is 0 Å². The summed E-state index contributed by atoms with van der Waals surface area (Å²) in [5.41, 5.74) is 4.44. The van der Waals surface area contributed by atoms with Crippen LogP contribution in [0.3, 0.4) is 0 Å². The summed E-state index contributed by atoms with van der Waals surface area (Å²) in [6.45, 7) is 2.01. The number of nitrogens with zero attached hydrogens (tertiary/aromatic N) is 1. The molecule has 4 heteroatoms. The van der Waals surface area contributed by atoms with Crippen molar-refractivity contribution in [1.29, 1.82) is 0 Å². The van der Waals surface area contributed by atoms with Crippen LogP contribution in [0.2, 0.25) is 0 Å². The van der Waals surface area contributed by atoms with Crippen molar-refractivity contribution in [2.45, 2.75) is 19.5 Å². The Morgan fingerprint density at radius 3 is 1.86 bits per heavy atom. The first-order valence-electron chi connectivity index (χ1n) is 9.50. The fraction of sp³-hybridized carbons (Fsp3) is 0.167. The Morgan fingerprint density at radius 2 is 1.21 bits per heavy atom. The third-order valence-corrected chi connectivity index (χ3v) is 5.00. The average Bonchev–Trinajstić information content (AvgIpc) is 2.98. The number of carbonyl (C=O) groups is 2. The number of amides is 2. The summed E-state index contributed by atoms with van der Waals surface area (Å²) in [4.78, 5) is 26.2. The molecule has 0 radical (unpaired) electrons. The van der Waals surface area contributed by atoms with Gasteiger partial charge in [0.1, 0.15) is 0 Å². The molecule has 0 saturated heterocycles. The molecule has 0 unspecified atom stereocenters. The predicted octanol–water partition coefficient (Wildman–Crippen LogP) is 3.82. The molecule has 1 heterocycles. The molecule has 3 aromatic carbocycles. The maximum absolute atomic E-state index is 12.5. The van der Waals surface area contributed by atoms with Crippen LogP contribution in [0.25, 0.3) is 0 Å². The van der Waals surface area contributed by atoms with Gasteiger partial charge in [-0.3, -0.25) is 14.5 Å². The molecule has 0 aromatic heterocycles. The molecule has 1 aliphatic heterocycles. The zero-order valence-electron chi connectivity index (χ0n) is 15.6. The molecule has 140 valence electrons. The number of rotatable bonds is 7. The topological polar surface area (TPSA) is 49.4 Å². The van der Waals surface area contributed by atoms with Crippen molar-refractivity contribution in [2.75, 3.05) is 6.54 Å². The number of hydrogen-bond donors (Lipinski definition) is 1. The monoisotopic (exact) mass is 370 g/mol. The zero-order valence-corrected chi connectivity index (χ0v) is 15.6. The lowest BCUT2D eigenvalue weighted by atomic mass is 10.1. The van der Waals surface area contributed by atoms with E-state index in [0.717, 1.165) is 25.1 Å². The Kier molecular flexibility index (Phi) is 5.31. The standard InChI is InChI=1S/C24H22N2O2/c27-23-21-8-4-5-9-22(21)24(28)26(23)17-20-12-10-19(11-13-20)16-25-15-14-18-6-2-1-3-7-18/h1-13,25H,14-17H2. The van der Waals surface area contributed by atoms with E-state index in [4.69, 9.17) is 0 Å². The van der Waals surface area contributed by atoms with Crippen molar-refractivity contribution in [3.8, 4) is 0 Å². The van der Waals surface area contributed by atoms with Crippen molar-refractivity contribution in [3.63, 3.8) is 0 Å². The molecule has 28 heavy (non-hydrogen) atoms. The maximum Gasteiger partial charge on any atom is 0.261 e. The molecule has 0 fully saturated rings. The van der Waals surface area contributed by atoms with Crippen LogP contribution in [0, 0.1) is 0 Å². The van der Waals surface area contributed by atoms with Gasteiger partial charge in [-0.05, 0) is 41.8 Å². The van der Waals surface area contributed by atoms with E-state index in [0.29, 0.717) is 17.7 Å². The highest BCUT2D eigenvalue weighted by molar-refractivity contribution is 6.21. The van der Waals surface area contributed by atoms with Gasteiger partial charge >= 0.3 is 0 Å². The van der Waals surface area contributed by atoms with E-state index in [-0.39, 0.29) is 11.8 Å². The summed E-state index contributed by atoms with van der Waals surface area (Å²) < 4.78 is 0. The normalized spacial score (nSPS) is 13.1. The van der Waals surface area contributed by atoms with E-state index < -0.39 is 0 Å². The summed E-state index contributed by atoms with van der Waals surface area (Å²) in [7, 11) is 0. The molecule has 0 spiro atoms. The molecule has 0 saturated carbocycles. The van der Waals surface area contributed by atoms with Gasteiger partial charge in [-0.1, -0.05) is 66.7 Å². The molecular weight excluding hydrogens is 348 g/mol. The first kappa shape index (κ1) is 18.1. The minimum Gasteiger partial charge on any atom is -0.312 e. The largest absolute Gasteiger partial charge is 0.312 e. The number of carbonyl (C=O) groups excluding carboxylic acids is 2. The van der Waals surface area contributed by atoms with Gasteiger partial charge in [0.25, 0.3) is 11.8 Å². The molecule has 2 amide bonds. The van der Waals surface area contributed by atoms with E-state index in [2.05, 4.69) is 29.6 Å². The summed E-state index contributed by atoms with van der Waals surface area (Å²) in [6, 6.07) is 25.5. The van der Waals surface area contributed by atoms with Gasteiger partial charge in [0.15, 0.2) is 0 Å². The van der Waals surface area contributed by atoms with Crippen molar-refractivity contribution >= 4 is 11.8 Å². The van der Waals surface area contributed by atoms with Gasteiger partial charge < -0.3 is 5.32 Å². The summed E-state index contributed by atoms with van der Waals surface area (Å²) in [5, 5.41) is 3.45. The van der Waals surface area contributed by atoms with E-state index >= 15 is 0 Å². The second-order valence-electron chi connectivity index (χ2n) is 6.97. The lowest BCUT2D eigenvalue weighted by Crippen LogP contribution is -2.29. The average molecular weight is 370 g/mol. The van der Waals surface area contributed by atoms with Crippen LogP contribution < -0.4 is 5.32 Å². The van der Waals surface area contributed by atoms with Gasteiger partial charge in [0, 0.05) is 6.54 Å². The molecule has 0 aliphatic carbocycles. The molecule has 0 bridgehead atoms. The number of nitrogens with one attached hydrogen (secondary N) is 1. The Hall–Kier alpha value is -3.24. The van der Waals surface area contributed by atoms with Gasteiger partial charge in [-0.2, -0.15) is 0 Å². The van der Waals surface area contributed by atoms with Crippen molar-refractivity contribution in [1.82, 2.24) is 10.2 Å². The summed E-state index contributed by atoms with van der Waals surface area (Å²) >= 11 is 0. The van der Waals surface area contributed by atoms with Crippen molar-refractivity contribution in [2.24, 2.45) is 0 Å². The number of imide groups is 1. The lowest BCUT2D eigenvalue weighted by molar-refractivity contribution is 0.0642. The minimum absolute atomic E-state index is 0.216. The molecule has 3 aromatic rings. The van der Waals surface area contributed by atoms with Gasteiger partial charge in [0.05, 0.1) is 17.7 Å².